The van der Waals surface area contributed by atoms with E-state index in [4.69, 9.17) is 20.3 Å². The Bertz CT molecular complexity index is 891. The maximum atomic E-state index is 10.3. The van der Waals surface area contributed by atoms with Gasteiger partial charge in [0.25, 0.3) is 0 Å². The molecule has 1 aromatic carbocycles. The van der Waals surface area contributed by atoms with Gasteiger partial charge in [-0.25, -0.2) is 19.7 Å². The summed E-state index contributed by atoms with van der Waals surface area (Å²) in [6.45, 7) is 0. The third-order valence-electron chi connectivity index (χ3n) is 3.08. The van der Waals surface area contributed by atoms with Crippen LogP contribution in [0, 0.1) is 0 Å². The predicted molar refractivity (Wildman–Crippen MR) is 92.3 cm³/mol. The highest BCUT2D eigenvalue weighted by Crippen LogP contribution is 2.27. The summed E-state index contributed by atoms with van der Waals surface area (Å²) in [6, 6.07) is 5.18. The number of nitrogens with zero attached hydrogens (tertiary/aromatic N) is 3. The molecule has 25 heavy (non-hydrogen) atoms. The van der Waals surface area contributed by atoms with Crippen molar-refractivity contribution in [3.63, 3.8) is 0 Å². The Hall–Kier alpha value is -3.62. The first-order chi connectivity index (χ1) is 12.0. The number of aromatic nitrogens is 4. The minimum Gasteiger partial charge on any atom is -0.493 e. The Morgan fingerprint density at radius 1 is 1.20 bits per heavy atom. The van der Waals surface area contributed by atoms with Gasteiger partial charge in [0.05, 0.1) is 20.5 Å². The van der Waals surface area contributed by atoms with Crippen molar-refractivity contribution in [2.24, 2.45) is 0 Å². The molecule has 0 aliphatic heterocycles. The number of aliphatic carboxylic acids is 1. The molecule has 0 spiro atoms. The van der Waals surface area contributed by atoms with E-state index in [1.807, 2.05) is 0 Å². The molecule has 0 fully saturated rings. The first-order valence-electron chi connectivity index (χ1n) is 7.07. The van der Waals surface area contributed by atoms with Crippen LogP contribution in [0.15, 0.2) is 36.9 Å². The topological polar surface area (TPSA) is 136 Å². The molecule has 0 atom stereocenters. The van der Waals surface area contributed by atoms with E-state index >= 15 is 0 Å². The zero-order valence-electron chi connectivity index (χ0n) is 13.6. The Morgan fingerprint density at radius 2 is 1.96 bits per heavy atom. The lowest BCUT2D eigenvalue weighted by atomic mass is 10.2. The lowest BCUT2D eigenvalue weighted by Gasteiger charge is -2.07. The van der Waals surface area contributed by atoms with Crippen LogP contribution in [-0.4, -0.2) is 45.2 Å². The fraction of sp³-hybridized carbons (Fsp3) is 0.125. The molecule has 0 radical (unpaired) electrons. The number of nitrogen functional groups attached to an aromatic ring is 1. The summed E-state index contributed by atoms with van der Waals surface area (Å²) in [4.78, 5) is 24.7. The van der Waals surface area contributed by atoms with Gasteiger partial charge < -0.3 is 25.3 Å². The molecule has 0 aliphatic carbocycles. The van der Waals surface area contributed by atoms with E-state index in [2.05, 4.69) is 19.9 Å². The molecule has 2 aromatic heterocycles. The minimum atomic E-state index is -0.982. The van der Waals surface area contributed by atoms with Crippen LogP contribution in [0.5, 0.6) is 11.5 Å². The number of nitrogens with one attached hydrogen (secondary N) is 1. The van der Waals surface area contributed by atoms with Crippen LogP contribution in [0.2, 0.25) is 0 Å². The molecule has 3 aromatic rings. The molecular weight excluding hydrogens is 326 g/mol. The molecular formula is C16H17N5O4. The number of methoxy groups -OCH3 is 2. The van der Waals surface area contributed by atoms with Crippen molar-refractivity contribution in [2.75, 3.05) is 20.0 Å². The zero-order valence-corrected chi connectivity index (χ0v) is 13.6. The number of hydrogen-bond acceptors (Lipinski definition) is 7. The number of rotatable bonds is 4. The highest BCUT2D eigenvalue weighted by Gasteiger charge is 2.02. The van der Waals surface area contributed by atoms with Crippen LogP contribution in [0.4, 0.5) is 5.82 Å². The van der Waals surface area contributed by atoms with Crippen LogP contribution >= 0.6 is 0 Å². The van der Waals surface area contributed by atoms with Gasteiger partial charge in [0, 0.05) is 6.08 Å². The number of fused-ring (bicyclic) bond motifs is 1. The van der Waals surface area contributed by atoms with Crippen molar-refractivity contribution in [1.82, 2.24) is 19.9 Å². The summed E-state index contributed by atoms with van der Waals surface area (Å²) in [5.41, 5.74) is 7.52. The van der Waals surface area contributed by atoms with Crippen LogP contribution < -0.4 is 15.2 Å². The standard InChI is InChI=1S/C11H12O4.C5H5N5/c1-14-9-5-3-8(4-6-11(12)13)7-10(9)15-2;6-4-3-5(9-1-7-3)10-2-8-4/h3-7H,1-2H3,(H,12,13);1-2H,(H3,6,7,8,9,10). The Morgan fingerprint density at radius 3 is 2.60 bits per heavy atom. The maximum absolute atomic E-state index is 10.3. The lowest BCUT2D eigenvalue weighted by molar-refractivity contribution is -0.131. The van der Waals surface area contributed by atoms with Gasteiger partial charge in [-0.15, -0.1) is 0 Å². The van der Waals surface area contributed by atoms with Gasteiger partial charge in [0.1, 0.15) is 11.8 Å². The monoisotopic (exact) mass is 343 g/mol. The van der Waals surface area contributed by atoms with E-state index in [1.54, 1.807) is 25.3 Å². The number of carboxylic acids is 1. The molecule has 4 N–H and O–H groups in total. The Labute approximate surface area is 143 Å². The predicted octanol–water partition coefficient (Wildman–Crippen LogP) is 1.74. The number of hydrogen-bond donors (Lipinski definition) is 3. The van der Waals surface area contributed by atoms with Gasteiger partial charge in [-0.1, -0.05) is 6.07 Å². The Balaban J connectivity index is 0.000000194. The van der Waals surface area contributed by atoms with E-state index < -0.39 is 5.97 Å². The van der Waals surface area contributed by atoms with Gasteiger partial charge >= 0.3 is 5.97 Å². The third-order valence-corrected chi connectivity index (χ3v) is 3.08. The number of nitrogens with two attached hydrogens (primary N) is 1. The fourth-order valence-electron chi connectivity index (χ4n) is 1.91. The molecule has 0 amide bonds. The van der Waals surface area contributed by atoms with Crippen molar-refractivity contribution in [1.29, 1.82) is 0 Å². The van der Waals surface area contributed by atoms with Crippen molar-refractivity contribution in [2.45, 2.75) is 0 Å². The summed E-state index contributed by atoms with van der Waals surface area (Å²) in [7, 11) is 3.08. The van der Waals surface area contributed by atoms with Crippen molar-refractivity contribution in [3.05, 3.63) is 42.5 Å². The maximum Gasteiger partial charge on any atom is 0.328 e. The SMILES string of the molecule is COc1ccc(C=CC(=O)O)cc1OC.Nc1ncnc2nc[nH]c12. The number of H-pyrrole nitrogens is 1. The number of benzene rings is 1. The summed E-state index contributed by atoms with van der Waals surface area (Å²) in [5.74, 6) is 0.641. The number of carboxylic acid groups (broad SMARTS) is 1. The minimum absolute atomic E-state index is 0.433. The average molecular weight is 343 g/mol. The summed E-state index contributed by atoms with van der Waals surface area (Å²) < 4.78 is 10.1. The smallest absolute Gasteiger partial charge is 0.328 e. The van der Waals surface area contributed by atoms with Crippen molar-refractivity contribution in [3.8, 4) is 11.5 Å². The molecule has 9 nitrogen and oxygen atoms in total. The Kier molecular flexibility index (Phi) is 5.88. The number of aromatic amines is 1. The molecule has 0 aliphatic rings. The first kappa shape index (κ1) is 17.7. The van der Waals surface area contributed by atoms with E-state index in [1.165, 1.54) is 25.8 Å². The summed E-state index contributed by atoms with van der Waals surface area (Å²) >= 11 is 0. The molecule has 9 heteroatoms. The van der Waals surface area contributed by atoms with Gasteiger partial charge in [-0.3, -0.25) is 0 Å². The van der Waals surface area contributed by atoms with Crippen molar-refractivity contribution >= 4 is 29.0 Å². The van der Waals surface area contributed by atoms with Crippen molar-refractivity contribution < 1.29 is 19.4 Å². The average Bonchev–Trinajstić information content (AvgIpc) is 3.10. The van der Waals surface area contributed by atoms with Gasteiger partial charge in [0.2, 0.25) is 0 Å². The molecule has 0 saturated carbocycles. The van der Waals surface area contributed by atoms with E-state index in [0.29, 0.717) is 28.5 Å². The van der Waals surface area contributed by atoms with Gasteiger partial charge in [0.15, 0.2) is 23.0 Å². The number of anilines is 1. The molecule has 0 saturated heterocycles. The fourth-order valence-corrected chi connectivity index (χ4v) is 1.91. The lowest BCUT2D eigenvalue weighted by Crippen LogP contribution is -1.91. The number of imidazole rings is 1. The quantitative estimate of drug-likeness (QED) is 0.609. The van der Waals surface area contributed by atoms with E-state index in [0.717, 1.165) is 11.6 Å². The third kappa shape index (κ3) is 4.67. The van der Waals surface area contributed by atoms with E-state index in [-0.39, 0.29) is 0 Å². The van der Waals surface area contributed by atoms with Crippen LogP contribution in [0.1, 0.15) is 5.56 Å². The zero-order chi connectivity index (χ0) is 18.2. The number of carbonyl (C=O) groups is 1. The molecule has 0 bridgehead atoms. The molecule has 3 rings (SSSR count). The second kappa shape index (κ2) is 8.29. The normalized spacial score (nSPS) is 10.3. The molecule has 2 heterocycles. The summed E-state index contributed by atoms with van der Waals surface area (Å²) in [5, 5.41) is 8.46. The van der Waals surface area contributed by atoms with Crippen LogP contribution in [-0.2, 0) is 4.79 Å². The van der Waals surface area contributed by atoms with Gasteiger partial charge in [-0.05, 0) is 23.8 Å². The van der Waals surface area contributed by atoms with Gasteiger partial charge in [-0.2, -0.15) is 0 Å². The second-order valence-electron chi connectivity index (χ2n) is 4.65. The molecule has 0 unspecified atom stereocenters. The van der Waals surface area contributed by atoms with Crippen LogP contribution in [0.25, 0.3) is 17.2 Å². The van der Waals surface area contributed by atoms with E-state index in [9.17, 15) is 4.79 Å². The molecule has 130 valence electrons. The first-order valence-corrected chi connectivity index (χ1v) is 7.07. The number of ether oxygens (including phenoxy) is 2. The highest BCUT2D eigenvalue weighted by molar-refractivity contribution is 5.85. The van der Waals surface area contributed by atoms with Crippen LogP contribution in [0.3, 0.4) is 0 Å². The highest BCUT2D eigenvalue weighted by atomic mass is 16.5. The summed E-state index contributed by atoms with van der Waals surface area (Å²) in [6.07, 6.45) is 5.49. The largest absolute Gasteiger partial charge is 0.493 e. The second-order valence-corrected chi connectivity index (χ2v) is 4.65.